The molecule has 0 saturated heterocycles. The van der Waals surface area contributed by atoms with Gasteiger partial charge >= 0.3 is 6.09 Å². The first-order chi connectivity index (χ1) is 7.09. The zero-order valence-corrected chi connectivity index (χ0v) is 9.21. The summed E-state index contributed by atoms with van der Waals surface area (Å²) in [6, 6.07) is 0. The van der Waals surface area contributed by atoms with E-state index in [1.165, 1.54) is 0 Å². The molecule has 1 saturated carbocycles. The molecule has 0 spiro atoms. The average Bonchev–Trinajstić information content (AvgIpc) is 2.93. The molecule has 15 heavy (non-hydrogen) atoms. The number of alkyl carbamates (subject to hydrolysis) is 1. The van der Waals surface area contributed by atoms with Gasteiger partial charge in [0.1, 0.15) is 0 Å². The molecule has 1 fully saturated rings. The first-order valence-corrected chi connectivity index (χ1v) is 5.32. The Kier molecular flexibility index (Phi) is 4.39. The quantitative estimate of drug-likeness (QED) is 0.660. The number of amides is 2. The van der Waals surface area contributed by atoms with Crippen LogP contribution >= 0.6 is 0 Å². The van der Waals surface area contributed by atoms with Crippen LogP contribution in [0.5, 0.6) is 0 Å². The maximum absolute atomic E-state index is 11.2. The van der Waals surface area contributed by atoms with E-state index in [-0.39, 0.29) is 17.9 Å². The Hall–Kier alpha value is -1.26. The molecule has 1 aliphatic rings. The molecule has 0 atom stereocenters. The van der Waals surface area contributed by atoms with Gasteiger partial charge in [-0.1, -0.05) is 0 Å². The van der Waals surface area contributed by atoms with E-state index in [9.17, 15) is 9.59 Å². The van der Waals surface area contributed by atoms with Gasteiger partial charge in [-0.3, -0.25) is 4.79 Å². The van der Waals surface area contributed by atoms with E-state index in [0.717, 1.165) is 12.8 Å². The second-order valence-corrected chi connectivity index (χ2v) is 3.95. The number of carbonyl (C=O) groups is 2. The number of rotatable bonds is 5. The molecule has 1 rings (SSSR count). The number of hydrogen-bond acceptors (Lipinski definition) is 3. The van der Waals surface area contributed by atoms with Gasteiger partial charge in [0.05, 0.1) is 6.10 Å². The second kappa shape index (κ2) is 5.58. The van der Waals surface area contributed by atoms with Gasteiger partial charge in [0.25, 0.3) is 0 Å². The average molecular weight is 214 g/mol. The molecule has 5 heteroatoms. The Bertz CT molecular complexity index is 237. The standard InChI is InChI=1S/C10H18N2O3/c1-7(2)15-10(14)12-6-5-11-9(13)8-3-4-8/h7-8H,3-6H2,1-2H3,(H,11,13)(H,12,14). The van der Waals surface area contributed by atoms with Crippen molar-refractivity contribution in [3.05, 3.63) is 0 Å². The van der Waals surface area contributed by atoms with Crippen LogP contribution in [-0.2, 0) is 9.53 Å². The third-order valence-corrected chi connectivity index (χ3v) is 1.98. The predicted octanol–water partition coefficient (Wildman–Crippen LogP) is 0.647. The lowest BCUT2D eigenvalue weighted by Gasteiger charge is -2.09. The fourth-order valence-electron chi connectivity index (χ4n) is 1.10. The zero-order chi connectivity index (χ0) is 11.3. The molecule has 0 aliphatic heterocycles. The van der Waals surface area contributed by atoms with Crippen LogP contribution in [0, 0.1) is 5.92 Å². The Morgan fingerprint density at radius 2 is 1.87 bits per heavy atom. The van der Waals surface area contributed by atoms with Gasteiger partial charge in [-0.15, -0.1) is 0 Å². The molecule has 0 heterocycles. The molecular weight excluding hydrogens is 196 g/mol. The first kappa shape index (κ1) is 11.8. The van der Waals surface area contributed by atoms with Crippen LogP contribution in [0.25, 0.3) is 0 Å². The molecule has 0 aromatic carbocycles. The normalized spacial score (nSPS) is 14.9. The summed E-state index contributed by atoms with van der Waals surface area (Å²) in [6.07, 6.45) is 1.43. The lowest BCUT2D eigenvalue weighted by atomic mass is 10.4. The van der Waals surface area contributed by atoms with Gasteiger partial charge in [-0.05, 0) is 26.7 Å². The van der Waals surface area contributed by atoms with E-state index < -0.39 is 6.09 Å². The number of nitrogens with one attached hydrogen (secondary N) is 2. The van der Waals surface area contributed by atoms with Crippen molar-refractivity contribution in [1.29, 1.82) is 0 Å². The van der Waals surface area contributed by atoms with Crippen molar-refractivity contribution in [1.82, 2.24) is 10.6 Å². The minimum atomic E-state index is -0.439. The van der Waals surface area contributed by atoms with E-state index in [0.29, 0.717) is 13.1 Å². The molecule has 5 nitrogen and oxygen atoms in total. The van der Waals surface area contributed by atoms with Gasteiger partial charge in [-0.2, -0.15) is 0 Å². The van der Waals surface area contributed by atoms with Gasteiger partial charge in [0.15, 0.2) is 0 Å². The van der Waals surface area contributed by atoms with E-state index in [4.69, 9.17) is 4.74 Å². The van der Waals surface area contributed by atoms with Crippen LogP contribution in [0.4, 0.5) is 4.79 Å². The largest absolute Gasteiger partial charge is 0.447 e. The molecular formula is C10H18N2O3. The van der Waals surface area contributed by atoms with E-state index in [1.54, 1.807) is 13.8 Å². The summed E-state index contributed by atoms with van der Waals surface area (Å²) in [5, 5.41) is 5.30. The summed E-state index contributed by atoms with van der Waals surface area (Å²) in [6.45, 7) is 4.44. The van der Waals surface area contributed by atoms with Crippen LogP contribution in [0.3, 0.4) is 0 Å². The molecule has 0 bridgehead atoms. The number of hydrogen-bond donors (Lipinski definition) is 2. The molecule has 0 radical (unpaired) electrons. The van der Waals surface area contributed by atoms with Gasteiger partial charge in [-0.25, -0.2) is 4.79 Å². The van der Waals surface area contributed by atoms with E-state index >= 15 is 0 Å². The molecule has 0 unspecified atom stereocenters. The summed E-state index contributed by atoms with van der Waals surface area (Å²) in [7, 11) is 0. The molecule has 2 amide bonds. The van der Waals surface area contributed by atoms with Crippen LogP contribution in [0.2, 0.25) is 0 Å². The third-order valence-electron chi connectivity index (χ3n) is 1.98. The Morgan fingerprint density at radius 1 is 1.27 bits per heavy atom. The van der Waals surface area contributed by atoms with Gasteiger partial charge in [0.2, 0.25) is 5.91 Å². The maximum Gasteiger partial charge on any atom is 0.407 e. The maximum atomic E-state index is 11.2. The fourth-order valence-corrected chi connectivity index (χ4v) is 1.10. The predicted molar refractivity (Wildman–Crippen MR) is 55.4 cm³/mol. The summed E-state index contributed by atoms with van der Waals surface area (Å²) in [5.74, 6) is 0.307. The highest BCUT2D eigenvalue weighted by Crippen LogP contribution is 2.28. The Labute approximate surface area is 89.6 Å². The lowest BCUT2D eigenvalue weighted by molar-refractivity contribution is -0.122. The van der Waals surface area contributed by atoms with Crippen LogP contribution in [0.15, 0.2) is 0 Å². The lowest BCUT2D eigenvalue weighted by Crippen LogP contribution is -2.36. The summed E-state index contributed by atoms with van der Waals surface area (Å²) in [4.78, 5) is 22.2. The third kappa shape index (κ3) is 5.24. The highest BCUT2D eigenvalue weighted by molar-refractivity contribution is 5.80. The molecule has 1 aliphatic carbocycles. The molecule has 2 N–H and O–H groups in total. The molecule has 86 valence electrons. The zero-order valence-electron chi connectivity index (χ0n) is 9.21. The first-order valence-electron chi connectivity index (χ1n) is 5.32. The molecule has 0 aromatic heterocycles. The fraction of sp³-hybridized carbons (Fsp3) is 0.800. The van der Waals surface area contributed by atoms with E-state index in [1.807, 2.05) is 0 Å². The smallest absolute Gasteiger partial charge is 0.407 e. The summed E-state index contributed by atoms with van der Waals surface area (Å²) in [5.41, 5.74) is 0. The van der Waals surface area contributed by atoms with Crippen molar-refractivity contribution in [2.45, 2.75) is 32.8 Å². The van der Waals surface area contributed by atoms with Crippen molar-refractivity contribution >= 4 is 12.0 Å². The molecule has 0 aromatic rings. The summed E-state index contributed by atoms with van der Waals surface area (Å²) >= 11 is 0. The van der Waals surface area contributed by atoms with Crippen molar-refractivity contribution in [2.75, 3.05) is 13.1 Å². The Morgan fingerprint density at radius 3 is 2.40 bits per heavy atom. The van der Waals surface area contributed by atoms with Crippen molar-refractivity contribution in [3.8, 4) is 0 Å². The van der Waals surface area contributed by atoms with E-state index in [2.05, 4.69) is 10.6 Å². The SMILES string of the molecule is CC(C)OC(=O)NCCNC(=O)C1CC1. The highest BCUT2D eigenvalue weighted by Gasteiger charge is 2.28. The second-order valence-electron chi connectivity index (χ2n) is 3.95. The van der Waals surface area contributed by atoms with Crippen LogP contribution in [-0.4, -0.2) is 31.2 Å². The highest BCUT2D eigenvalue weighted by atomic mass is 16.6. The number of ether oxygens (including phenoxy) is 1. The van der Waals surface area contributed by atoms with Crippen LogP contribution in [0.1, 0.15) is 26.7 Å². The monoisotopic (exact) mass is 214 g/mol. The van der Waals surface area contributed by atoms with Crippen molar-refractivity contribution in [2.24, 2.45) is 5.92 Å². The minimum absolute atomic E-state index is 0.0917. The van der Waals surface area contributed by atoms with Gasteiger partial charge in [0, 0.05) is 19.0 Å². The topological polar surface area (TPSA) is 67.4 Å². The summed E-state index contributed by atoms with van der Waals surface area (Å²) < 4.78 is 4.85. The van der Waals surface area contributed by atoms with Crippen LogP contribution < -0.4 is 10.6 Å². The minimum Gasteiger partial charge on any atom is -0.447 e. The Balaban J connectivity index is 1.96. The van der Waals surface area contributed by atoms with Crippen molar-refractivity contribution < 1.29 is 14.3 Å². The van der Waals surface area contributed by atoms with Gasteiger partial charge < -0.3 is 15.4 Å². The number of carbonyl (C=O) groups excluding carboxylic acids is 2. The van der Waals surface area contributed by atoms with Crippen molar-refractivity contribution in [3.63, 3.8) is 0 Å².